The van der Waals surface area contributed by atoms with Gasteiger partial charge in [0.15, 0.2) is 0 Å². The number of rotatable bonds is 4. The van der Waals surface area contributed by atoms with Crippen LogP contribution in [-0.4, -0.2) is 0 Å². The van der Waals surface area contributed by atoms with Gasteiger partial charge in [-0.3, -0.25) is 0 Å². The molecule has 0 unspecified atom stereocenters. The maximum Gasteiger partial charge on any atom is -1.00 e. The zero-order valence-electron chi connectivity index (χ0n) is 10.6. The number of hydrogen-bond donors (Lipinski definition) is 0. The molecule has 2 aromatic carbocycles. The Morgan fingerprint density at radius 3 is 1.22 bits per heavy atom. The Kier molecular flexibility index (Phi) is 9.02. The summed E-state index contributed by atoms with van der Waals surface area (Å²) in [4.78, 5) is 0. The SMILES string of the molecule is Fc1ccc(F)c([O][Zr+2][O]c2c(F)ccc(F)c2F)c1F.[Cl-].[Cl-]. The molecule has 2 rings (SSSR count). The molecule has 0 saturated carbocycles. The van der Waals surface area contributed by atoms with Crippen molar-refractivity contribution < 1.29 is 80.9 Å². The van der Waals surface area contributed by atoms with Gasteiger partial charge < -0.3 is 24.8 Å². The third-order valence-electron chi connectivity index (χ3n) is 2.29. The normalized spacial score (nSPS) is 9.30. The molecule has 0 aliphatic carbocycles. The minimum atomic E-state index is -2.70. The minimum Gasteiger partial charge on any atom is -1.00 e. The standard InChI is InChI=1S/2C6H3F3O.2ClH.Zr/c2*7-3-1-2-4(8)6(10)5(3)9;;;/h2*1-2,10H;2*1H;/q;;;;+4/p-4. The third kappa shape index (κ3) is 5.03. The molecule has 0 aliphatic heterocycles. The van der Waals surface area contributed by atoms with Gasteiger partial charge in [0.2, 0.25) is 0 Å². The minimum absolute atomic E-state index is 0. The molecule has 124 valence electrons. The smallest absolute Gasteiger partial charge is 1.00 e. The van der Waals surface area contributed by atoms with Crippen molar-refractivity contribution in [2.75, 3.05) is 0 Å². The molecule has 11 heteroatoms. The monoisotopic (exact) mass is 454 g/mol. The first kappa shape index (κ1) is 22.1. The van der Waals surface area contributed by atoms with Crippen LogP contribution in [0.5, 0.6) is 11.5 Å². The predicted molar refractivity (Wildman–Crippen MR) is 53.9 cm³/mol. The van der Waals surface area contributed by atoms with Gasteiger partial charge in [-0.1, -0.05) is 0 Å². The molecular weight excluding hydrogens is 452 g/mol. The van der Waals surface area contributed by atoms with E-state index in [4.69, 9.17) is 0 Å². The van der Waals surface area contributed by atoms with Crippen LogP contribution in [-0.2, 0) is 24.1 Å². The number of hydrogen-bond acceptors (Lipinski definition) is 2. The van der Waals surface area contributed by atoms with Crippen LogP contribution in [0.3, 0.4) is 0 Å². The summed E-state index contributed by atoms with van der Waals surface area (Å²) < 4.78 is 87.9. The van der Waals surface area contributed by atoms with Crippen LogP contribution in [0.1, 0.15) is 0 Å². The van der Waals surface area contributed by atoms with E-state index in [1.165, 1.54) is 0 Å². The maximum atomic E-state index is 13.2. The van der Waals surface area contributed by atoms with Crippen LogP contribution in [0, 0.1) is 34.9 Å². The van der Waals surface area contributed by atoms with Crippen LogP contribution < -0.4 is 30.4 Å². The molecule has 0 bridgehead atoms. The fourth-order valence-corrected chi connectivity index (χ4v) is 2.74. The first-order valence-electron chi connectivity index (χ1n) is 5.27. The molecule has 0 aliphatic rings. The Morgan fingerprint density at radius 2 is 0.870 bits per heavy atom. The first-order chi connectivity index (χ1) is 9.91. The van der Waals surface area contributed by atoms with Gasteiger partial charge in [-0.05, 0) is 0 Å². The van der Waals surface area contributed by atoms with E-state index >= 15 is 0 Å². The van der Waals surface area contributed by atoms with Crippen LogP contribution >= 0.6 is 0 Å². The van der Waals surface area contributed by atoms with E-state index in [1.54, 1.807) is 0 Å². The van der Waals surface area contributed by atoms with E-state index in [0.717, 1.165) is 0 Å². The van der Waals surface area contributed by atoms with Crippen molar-refractivity contribution >= 4 is 0 Å². The predicted octanol–water partition coefficient (Wildman–Crippen LogP) is -2.10. The molecule has 2 aromatic rings. The van der Waals surface area contributed by atoms with Gasteiger partial charge in [-0.2, -0.15) is 0 Å². The van der Waals surface area contributed by atoms with E-state index in [1.807, 2.05) is 0 Å². The molecule has 23 heavy (non-hydrogen) atoms. The zero-order chi connectivity index (χ0) is 15.6. The van der Waals surface area contributed by atoms with Crippen LogP contribution in [0.25, 0.3) is 0 Å². The molecule has 0 saturated heterocycles. The molecule has 0 atom stereocenters. The van der Waals surface area contributed by atoms with Gasteiger partial charge in [-0.15, -0.1) is 0 Å². The summed E-state index contributed by atoms with van der Waals surface area (Å²) in [7, 11) is 0. The molecule has 0 amide bonds. The largest absolute Gasteiger partial charge is 1.00 e. The van der Waals surface area contributed by atoms with Crippen molar-refractivity contribution in [3.05, 3.63) is 59.2 Å². The van der Waals surface area contributed by atoms with Crippen LogP contribution in [0.15, 0.2) is 24.3 Å². The number of halogens is 8. The molecule has 2 nitrogen and oxygen atoms in total. The first-order valence-corrected chi connectivity index (χ1v) is 7.28. The molecule has 0 fully saturated rings. The Balaban J connectivity index is 0.00000242. The van der Waals surface area contributed by atoms with E-state index in [2.05, 4.69) is 5.63 Å². The Labute approximate surface area is 151 Å². The number of benzene rings is 2. The summed E-state index contributed by atoms with van der Waals surface area (Å²) in [5.41, 5.74) is 0. The summed E-state index contributed by atoms with van der Waals surface area (Å²) in [6, 6.07) is 2.34. The van der Waals surface area contributed by atoms with E-state index in [9.17, 15) is 26.3 Å². The average molecular weight is 456 g/mol. The van der Waals surface area contributed by atoms with E-state index in [0.29, 0.717) is 24.3 Å². The molecule has 0 spiro atoms. The Hall–Kier alpha value is -0.917. The summed E-state index contributed by atoms with van der Waals surface area (Å²) >= 11 is -2.70. The summed E-state index contributed by atoms with van der Waals surface area (Å²) in [6.07, 6.45) is 0. The third-order valence-corrected chi connectivity index (χ3v) is 3.70. The quantitative estimate of drug-likeness (QED) is 0.388. The zero-order valence-corrected chi connectivity index (χ0v) is 14.6. The van der Waals surface area contributed by atoms with Crippen molar-refractivity contribution in [3.8, 4) is 11.5 Å². The van der Waals surface area contributed by atoms with Gasteiger partial charge in [0.1, 0.15) is 0 Å². The molecule has 0 heterocycles. The Bertz CT molecular complexity index is 632. The Morgan fingerprint density at radius 1 is 0.565 bits per heavy atom. The second-order valence-electron chi connectivity index (χ2n) is 3.63. The van der Waals surface area contributed by atoms with E-state index < -0.39 is 70.5 Å². The molecule has 0 N–H and O–H groups in total. The fourth-order valence-electron chi connectivity index (χ4n) is 1.31. The van der Waals surface area contributed by atoms with Crippen LogP contribution in [0.2, 0.25) is 0 Å². The van der Waals surface area contributed by atoms with Gasteiger partial charge in [-0.25, -0.2) is 0 Å². The average Bonchev–Trinajstić information content (AvgIpc) is 2.46. The van der Waals surface area contributed by atoms with Crippen molar-refractivity contribution in [2.45, 2.75) is 0 Å². The van der Waals surface area contributed by atoms with Gasteiger partial charge in [0, 0.05) is 0 Å². The van der Waals surface area contributed by atoms with Gasteiger partial charge in [0.05, 0.1) is 0 Å². The van der Waals surface area contributed by atoms with Crippen molar-refractivity contribution in [1.82, 2.24) is 0 Å². The van der Waals surface area contributed by atoms with Crippen molar-refractivity contribution in [2.24, 2.45) is 0 Å². The summed E-state index contributed by atoms with van der Waals surface area (Å²) in [5.74, 6) is -10.4. The van der Waals surface area contributed by atoms with Crippen molar-refractivity contribution in [1.29, 1.82) is 0 Å². The van der Waals surface area contributed by atoms with Gasteiger partial charge in [0.25, 0.3) is 0 Å². The molecular formula is C12H4Cl2F6O2Zr. The summed E-state index contributed by atoms with van der Waals surface area (Å²) in [5, 5.41) is 0. The second kappa shape index (κ2) is 9.40. The molecule has 0 aromatic heterocycles. The molecule has 0 radical (unpaired) electrons. The maximum absolute atomic E-state index is 13.2. The van der Waals surface area contributed by atoms with E-state index in [-0.39, 0.29) is 24.8 Å². The fraction of sp³-hybridized carbons (Fsp3) is 0. The van der Waals surface area contributed by atoms with Gasteiger partial charge >= 0.3 is 127 Å². The van der Waals surface area contributed by atoms with Crippen molar-refractivity contribution in [3.63, 3.8) is 0 Å². The summed E-state index contributed by atoms with van der Waals surface area (Å²) in [6.45, 7) is 0. The van der Waals surface area contributed by atoms with Crippen LogP contribution in [0.4, 0.5) is 26.3 Å². The topological polar surface area (TPSA) is 18.5 Å². The second-order valence-corrected chi connectivity index (χ2v) is 5.05.